The first-order valence-corrected chi connectivity index (χ1v) is 6.73. The monoisotopic (exact) mass is 288 g/mol. The van der Waals surface area contributed by atoms with Gasteiger partial charge in [0, 0.05) is 11.1 Å². The molecule has 3 nitrogen and oxygen atoms in total. The second kappa shape index (κ2) is 5.17. The molecular formula is C16H13ClO3. The maximum absolute atomic E-state index is 12.5. The smallest absolute Gasteiger partial charge is 0.194 e. The van der Waals surface area contributed by atoms with Crippen LogP contribution in [-0.2, 0) is 0 Å². The molecule has 0 saturated carbocycles. The minimum Gasteiger partial charge on any atom is -0.486 e. The number of ketones is 1. The van der Waals surface area contributed by atoms with E-state index in [1.807, 2.05) is 13.0 Å². The minimum atomic E-state index is -0.115. The maximum Gasteiger partial charge on any atom is 0.194 e. The number of hydrogen-bond donors (Lipinski definition) is 0. The summed E-state index contributed by atoms with van der Waals surface area (Å²) in [6.07, 6.45) is 0. The third-order valence-corrected chi connectivity index (χ3v) is 3.50. The summed E-state index contributed by atoms with van der Waals surface area (Å²) in [6.45, 7) is 2.96. The topological polar surface area (TPSA) is 35.5 Å². The number of aryl methyl sites for hydroxylation is 1. The Hall–Kier alpha value is -2.00. The Labute approximate surface area is 122 Å². The van der Waals surface area contributed by atoms with Crippen LogP contribution in [0.1, 0.15) is 21.5 Å². The van der Waals surface area contributed by atoms with Crippen LogP contribution >= 0.6 is 11.6 Å². The molecule has 3 rings (SSSR count). The fourth-order valence-corrected chi connectivity index (χ4v) is 2.36. The molecule has 0 radical (unpaired) electrons. The van der Waals surface area contributed by atoms with Gasteiger partial charge < -0.3 is 9.47 Å². The molecule has 0 fully saturated rings. The lowest BCUT2D eigenvalue weighted by molar-refractivity contribution is 0.103. The van der Waals surface area contributed by atoms with E-state index in [9.17, 15) is 4.79 Å². The fraction of sp³-hybridized carbons (Fsp3) is 0.188. The molecule has 0 spiro atoms. The van der Waals surface area contributed by atoms with Crippen LogP contribution in [0.2, 0.25) is 5.02 Å². The summed E-state index contributed by atoms with van der Waals surface area (Å²) in [7, 11) is 0. The molecule has 0 atom stereocenters. The number of carbonyl (C=O) groups is 1. The van der Waals surface area contributed by atoms with Crippen LogP contribution < -0.4 is 9.47 Å². The highest BCUT2D eigenvalue weighted by molar-refractivity contribution is 6.35. The summed E-state index contributed by atoms with van der Waals surface area (Å²) in [5.74, 6) is 1.16. The van der Waals surface area contributed by atoms with Crippen molar-refractivity contribution >= 4 is 17.4 Å². The minimum absolute atomic E-state index is 0.115. The van der Waals surface area contributed by atoms with Crippen LogP contribution in [0.25, 0.3) is 0 Å². The Morgan fingerprint density at radius 3 is 2.60 bits per heavy atom. The Morgan fingerprint density at radius 2 is 1.80 bits per heavy atom. The Balaban J connectivity index is 2.00. The van der Waals surface area contributed by atoms with Gasteiger partial charge in [-0.1, -0.05) is 23.2 Å². The molecule has 0 bridgehead atoms. The molecule has 0 unspecified atom stereocenters. The van der Waals surface area contributed by atoms with Crippen molar-refractivity contribution in [1.29, 1.82) is 0 Å². The zero-order valence-corrected chi connectivity index (χ0v) is 11.7. The molecule has 1 aliphatic rings. The van der Waals surface area contributed by atoms with Gasteiger partial charge in [0.2, 0.25) is 0 Å². The van der Waals surface area contributed by atoms with Crippen LogP contribution in [-0.4, -0.2) is 19.0 Å². The highest BCUT2D eigenvalue weighted by Gasteiger charge is 2.17. The van der Waals surface area contributed by atoms with Gasteiger partial charge >= 0.3 is 0 Å². The predicted octanol–water partition coefficient (Wildman–Crippen LogP) is 3.65. The molecule has 4 heteroatoms. The standard InChI is InChI=1S/C16H13ClO3/c1-10-2-4-13(17)12(8-10)16(18)11-3-5-14-15(9-11)20-7-6-19-14/h2-5,8-9H,6-7H2,1H3. The molecular weight excluding hydrogens is 276 g/mol. The van der Waals surface area contributed by atoms with Crippen molar-refractivity contribution in [2.75, 3.05) is 13.2 Å². The number of carbonyl (C=O) groups excluding carboxylic acids is 1. The molecule has 2 aromatic rings. The van der Waals surface area contributed by atoms with E-state index in [-0.39, 0.29) is 5.78 Å². The van der Waals surface area contributed by atoms with Crippen molar-refractivity contribution in [2.45, 2.75) is 6.92 Å². The molecule has 0 saturated heterocycles. The molecule has 2 aromatic carbocycles. The SMILES string of the molecule is Cc1ccc(Cl)c(C(=O)c2ccc3c(c2)OCCO3)c1. The van der Waals surface area contributed by atoms with Gasteiger partial charge in [-0.25, -0.2) is 0 Å². The van der Waals surface area contributed by atoms with Crippen molar-refractivity contribution in [3.05, 3.63) is 58.1 Å². The molecule has 1 aliphatic heterocycles. The van der Waals surface area contributed by atoms with Crippen LogP contribution in [0.4, 0.5) is 0 Å². The first-order chi connectivity index (χ1) is 9.65. The summed E-state index contributed by atoms with van der Waals surface area (Å²) in [6, 6.07) is 10.6. The summed E-state index contributed by atoms with van der Waals surface area (Å²) in [5.41, 5.74) is 2.04. The van der Waals surface area contributed by atoms with Crippen LogP contribution in [0.15, 0.2) is 36.4 Å². The molecule has 1 heterocycles. The lowest BCUT2D eigenvalue weighted by atomic mass is 10.0. The van der Waals surface area contributed by atoms with Gasteiger partial charge in [-0.05, 0) is 37.3 Å². The van der Waals surface area contributed by atoms with E-state index < -0.39 is 0 Å². The molecule has 0 N–H and O–H groups in total. The Morgan fingerprint density at radius 1 is 1.05 bits per heavy atom. The van der Waals surface area contributed by atoms with Gasteiger partial charge in [0.15, 0.2) is 17.3 Å². The number of halogens is 1. The lowest BCUT2D eigenvalue weighted by Gasteiger charge is -2.18. The number of hydrogen-bond acceptors (Lipinski definition) is 3. The average molecular weight is 289 g/mol. The molecule has 20 heavy (non-hydrogen) atoms. The second-order valence-corrected chi connectivity index (χ2v) is 5.08. The zero-order valence-electron chi connectivity index (χ0n) is 11.0. The largest absolute Gasteiger partial charge is 0.486 e. The Bertz CT molecular complexity index is 679. The van der Waals surface area contributed by atoms with Gasteiger partial charge in [-0.2, -0.15) is 0 Å². The lowest BCUT2D eigenvalue weighted by Crippen LogP contribution is -2.16. The van der Waals surface area contributed by atoms with Gasteiger partial charge in [0.05, 0.1) is 5.02 Å². The normalized spacial score (nSPS) is 13.1. The third kappa shape index (κ3) is 2.37. The fourth-order valence-electron chi connectivity index (χ4n) is 2.15. The highest BCUT2D eigenvalue weighted by atomic mass is 35.5. The Kier molecular flexibility index (Phi) is 3.36. The second-order valence-electron chi connectivity index (χ2n) is 4.67. The van der Waals surface area contributed by atoms with E-state index in [2.05, 4.69) is 0 Å². The van der Waals surface area contributed by atoms with Gasteiger partial charge in [-0.15, -0.1) is 0 Å². The van der Waals surface area contributed by atoms with E-state index >= 15 is 0 Å². The third-order valence-electron chi connectivity index (χ3n) is 3.17. The quantitative estimate of drug-likeness (QED) is 0.791. The van der Waals surface area contributed by atoms with E-state index in [0.717, 1.165) is 5.56 Å². The predicted molar refractivity (Wildman–Crippen MR) is 77.1 cm³/mol. The molecule has 102 valence electrons. The van der Waals surface area contributed by atoms with Crippen LogP contribution in [0.3, 0.4) is 0 Å². The van der Waals surface area contributed by atoms with Gasteiger partial charge in [-0.3, -0.25) is 4.79 Å². The number of ether oxygens (including phenoxy) is 2. The highest BCUT2D eigenvalue weighted by Crippen LogP contribution is 2.32. The van der Waals surface area contributed by atoms with Crippen molar-refractivity contribution in [3.8, 4) is 11.5 Å². The number of benzene rings is 2. The molecule has 0 amide bonds. The van der Waals surface area contributed by atoms with Gasteiger partial charge in [0.25, 0.3) is 0 Å². The van der Waals surface area contributed by atoms with Crippen LogP contribution in [0.5, 0.6) is 11.5 Å². The van der Waals surface area contributed by atoms with Crippen molar-refractivity contribution < 1.29 is 14.3 Å². The first-order valence-electron chi connectivity index (χ1n) is 6.35. The molecule has 0 aliphatic carbocycles. The number of fused-ring (bicyclic) bond motifs is 1. The van der Waals surface area contributed by atoms with Crippen molar-refractivity contribution in [2.24, 2.45) is 0 Å². The summed E-state index contributed by atoms with van der Waals surface area (Å²) < 4.78 is 10.9. The average Bonchev–Trinajstić information content (AvgIpc) is 2.48. The number of rotatable bonds is 2. The van der Waals surface area contributed by atoms with E-state index in [4.69, 9.17) is 21.1 Å². The van der Waals surface area contributed by atoms with Gasteiger partial charge in [0.1, 0.15) is 13.2 Å². The van der Waals surface area contributed by atoms with E-state index in [1.54, 1.807) is 30.3 Å². The van der Waals surface area contributed by atoms with Crippen LogP contribution in [0, 0.1) is 6.92 Å². The first kappa shape index (κ1) is 13.0. The summed E-state index contributed by atoms with van der Waals surface area (Å²) in [4.78, 5) is 12.5. The van der Waals surface area contributed by atoms with Crippen molar-refractivity contribution in [1.82, 2.24) is 0 Å². The summed E-state index contributed by atoms with van der Waals surface area (Å²) >= 11 is 6.11. The zero-order chi connectivity index (χ0) is 14.1. The van der Waals surface area contributed by atoms with E-state index in [1.165, 1.54) is 0 Å². The molecule has 0 aromatic heterocycles. The maximum atomic E-state index is 12.5. The van der Waals surface area contributed by atoms with Crippen molar-refractivity contribution in [3.63, 3.8) is 0 Å². The summed E-state index contributed by atoms with van der Waals surface area (Å²) in [5, 5.41) is 0.454. The van der Waals surface area contributed by atoms with E-state index in [0.29, 0.717) is 40.9 Å².